The van der Waals surface area contributed by atoms with Gasteiger partial charge < -0.3 is 4.57 Å². The second kappa shape index (κ2) is 5.57. The van der Waals surface area contributed by atoms with Crippen LogP contribution in [-0.2, 0) is 16.4 Å². The molecule has 19 heavy (non-hydrogen) atoms. The Kier molecular flexibility index (Phi) is 4.04. The molecule has 0 aliphatic carbocycles. The Hall–Kier alpha value is -1.62. The lowest BCUT2D eigenvalue weighted by Crippen LogP contribution is -2.11. The van der Waals surface area contributed by atoms with Gasteiger partial charge >= 0.3 is 0 Å². The summed E-state index contributed by atoms with van der Waals surface area (Å²) in [6.07, 6.45) is 3.33. The molecule has 0 amide bonds. The van der Waals surface area contributed by atoms with E-state index in [1.807, 2.05) is 29.0 Å². The summed E-state index contributed by atoms with van der Waals surface area (Å²) in [5.74, 6) is 0.394. The second-order valence-electron chi connectivity index (χ2n) is 4.54. The maximum atomic E-state index is 11.4. The van der Waals surface area contributed by atoms with Gasteiger partial charge in [-0.15, -0.1) is 0 Å². The van der Waals surface area contributed by atoms with Gasteiger partial charge in [0.15, 0.2) is 0 Å². The van der Waals surface area contributed by atoms with E-state index < -0.39 is 9.84 Å². The number of carbonyl (C=O) groups is 1. The van der Waals surface area contributed by atoms with Crippen LogP contribution in [0.2, 0.25) is 0 Å². The highest BCUT2D eigenvalue weighted by Crippen LogP contribution is 2.17. The fraction of sp³-hybridized carbons (Fsp3) is 0.357. The van der Waals surface area contributed by atoms with Gasteiger partial charge in [-0.3, -0.25) is 4.79 Å². The molecule has 2 aromatic rings. The molecule has 102 valence electrons. The van der Waals surface area contributed by atoms with Crippen molar-refractivity contribution in [2.45, 2.75) is 19.9 Å². The number of benzene rings is 1. The van der Waals surface area contributed by atoms with E-state index in [0.29, 0.717) is 18.5 Å². The molecule has 0 N–H and O–H groups in total. The minimum Gasteiger partial charge on any atom is -0.347 e. The number of fused-ring (bicyclic) bond motifs is 1. The lowest BCUT2D eigenvalue weighted by Gasteiger charge is -2.06. The minimum atomic E-state index is -2.91. The van der Waals surface area contributed by atoms with Crippen LogP contribution in [0.1, 0.15) is 23.7 Å². The number of rotatable bonds is 6. The number of aryl methyl sites for hydroxylation is 1. The molecule has 5 heteroatoms. The smallest absolute Gasteiger partial charge is 0.150 e. The molecule has 2 rings (SSSR count). The highest BCUT2D eigenvalue weighted by Gasteiger charge is 2.08. The molecule has 0 fully saturated rings. The predicted octanol–water partition coefficient (Wildman–Crippen LogP) is 2.28. The van der Waals surface area contributed by atoms with E-state index in [1.165, 1.54) is 0 Å². The Morgan fingerprint density at radius 1 is 1.26 bits per heavy atom. The zero-order valence-corrected chi connectivity index (χ0v) is 11.7. The van der Waals surface area contributed by atoms with Gasteiger partial charge in [0.1, 0.15) is 16.1 Å². The van der Waals surface area contributed by atoms with Crippen molar-refractivity contribution in [1.82, 2.24) is 4.57 Å². The molecule has 1 heterocycles. The van der Waals surface area contributed by atoms with Crippen LogP contribution in [0.25, 0.3) is 10.9 Å². The van der Waals surface area contributed by atoms with Gasteiger partial charge in [-0.05, 0) is 23.9 Å². The molecule has 4 nitrogen and oxygen atoms in total. The summed E-state index contributed by atoms with van der Waals surface area (Å²) in [6, 6.07) is 7.48. The molecule has 0 unspecified atom stereocenters. The normalized spacial score (nSPS) is 11.8. The van der Waals surface area contributed by atoms with Gasteiger partial charge in [-0.25, -0.2) is 8.42 Å². The van der Waals surface area contributed by atoms with E-state index in [9.17, 15) is 13.2 Å². The molecule has 0 saturated heterocycles. The van der Waals surface area contributed by atoms with Crippen molar-refractivity contribution in [3.8, 4) is 0 Å². The number of carbonyl (C=O) groups excluding carboxylic acids is 1. The van der Waals surface area contributed by atoms with Gasteiger partial charge in [-0.2, -0.15) is 0 Å². The van der Waals surface area contributed by atoms with E-state index in [2.05, 4.69) is 0 Å². The molecular formula is C14H17NO3S. The largest absolute Gasteiger partial charge is 0.347 e. The fourth-order valence-corrected chi connectivity index (χ4v) is 2.93. The van der Waals surface area contributed by atoms with Gasteiger partial charge in [0, 0.05) is 29.6 Å². The van der Waals surface area contributed by atoms with Crippen LogP contribution in [0.15, 0.2) is 30.5 Å². The maximum absolute atomic E-state index is 11.4. The molecular weight excluding hydrogens is 262 g/mol. The van der Waals surface area contributed by atoms with E-state index in [1.54, 1.807) is 13.0 Å². The average Bonchev–Trinajstić information content (AvgIpc) is 2.81. The molecule has 0 saturated carbocycles. The lowest BCUT2D eigenvalue weighted by molar-refractivity contribution is 0.112. The quantitative estimate of drug-likeness (QED) is 0.762. The third-order valence-electron chi connectivity index (χ3n) is 3.23. The highest BCUT2D eigenvalue weighted by atomic mass is 32.2. The van der Waals surface area contributed by atoms with E-state index in [-0.39, 0.29) is 11.5 Å². The molecule has 0 aliphatic rings. The summed E-state index contributed by atoms with van der Waals surface area (Å²) in [4.78, 5) is 10.8. The van der Waals surface area contributed by atoms with E-state index in [0.717, 1.165) is 17.2 Å². The van der Waals surface area contributed by atoms with Crippen molar-refractivity contribution in [3.63, 3.8) is 0 Å². The first-order valence-electron chi connectivity index (χ1n) is 6.30. The third-order valence-corrected chi connectivity index (χ3v) is 5.02. The summed E-state index contributed by atoms with van der Waals surface area (Å²) in [6.45, 7) is 2.31. The van der Waals surface area contributed by atoms with Crippen LogP contribution in [0.4, 0.5) is 0 Å². The van der Waals surface area contributed by atoms with Crippen LogP contribution >= 0.6 is 0 Å². The molecule has 1 aromatic heterocycles. The Bertz CT molecular complexity index is 686. The van der Waals surface area contributed by atoms with Gasteiger partial charge in [-0.1, -0.05) is 19.1 Å². The monoisotopic (exact) mass is 279 g/mol. The highest BCUT2D eigenvalue weighted by molar-refractivity contribution is 7.91. The van der Waals surface area contributed by atoms with E-state index >= 15 is 0 Å². The van der Waals surface area contributed by atoms with Gasteiger partial charge in [0.2, 0.25) is 0 Å². The summed E-state index contributed by atoms with van der Waals surface area (Å²) in [5.41, 5.74) is 1.60. The number of aromatic nitrogens is 1. The Morgan fingerprint density at radius 3 is 2.74 bits per heavy atom. The summed E-state index contributed by atoms with van der Waals surface area (Å²) in [5, 5.41) is 1.06. The first-order valence-corrected chi connectivity index (χ1v) is 8.12. The molecule has 0 atom stereocenters. The summed E-state index contributed by atoms with van der Waals surface area (Å²) >= 11 is 0. The molecule has 1 aromatic carbocycles. The minimum absolute atomic E-state index is 0.189. The van der Waals surface area contributed by atoms with Crippen LogP contribution in [0.5, 0.6) is 0 Å². The maximum Gasteiger partial charge on any atom is 0.150 e. The SMILES string of the molecule is CCS(=O)(=O)CCCn1ccc2ccc(C=O)cc21. The van der Waals surface area contributed by atoms with Gasteiger partial charge in [0.05, 0.1) is 5.75 Å². The fourth-order valence-electron chi connectivity index (χ4n) is 2.07. The number of sulfone groups is 1. The third kappa shape index (κ3) is 3.23. The first kappa shape index (κ1) is 13.8. The van der Waals surface area contributed by atoms with Crippen molar-refractivity contribution in [1.29, 1.82) is 0 Å². The zero-order valence-electron chi connectivity index (χ0n) is 10.9. The van der Waals surface area contributed by atoms with Crippen molar-refractivity contribution >= 4 is 27.0 Å². The standard InChI is InChI=1S/C14H17NO3S/c1-2-19(17,18)9-3-7-15-8-6-13-5-4-12(11-16)10-14(13)15/h4-6,8,10-11H,2-3,7,9H2,1H3. The molecule has 0 spiro atoms. The van der Waals surface area contributed by atoms with Crippen molar-refractivity contribution in [3.05, 3.63) is 36.0 Å². The average molecular weight is 279 g/mol. The Morgan fingerprint density at radius 2 is 2.05 bits per heavy atom. The van der Waals surface area contributed by atoms with Crippen molar-refractivity contribution in [2.24, 2.45) is 0 Å². The molecule has 0 bridgehead atoms. The molecule has 0 radical (unpaired) electrons. The van der Waals surface area contributed by atoms with Crippen LogP contribution in [-0.4, -0.2) is 30.8 Å². The first-order chi connectivity index (χ1) is 9.05. The van der Waals surface area contributed by atoms with Crippen LogP contribution in [0, 0.1) is 0 Å². The van der Waals surface area contributed by atoms with Crippen molar-refractivity contribution in [2.75, 3.05) is 11.5 Å². The zero-order chi connectivity index (χ0) is 13.9. The summed E-state index contributed by atoms with van der Waals surface area (Å²) < 4.78 is 24.9. The Balaban J connectivity index is 2.15. The van der Waals surface area contributed by atoms with Crippen LogP contribution < -0.4 is 0 Å². The number of nitrogens with zero attached hydrogens (tertiary/aromatic N) is 1. The summed E-state index contributed by atoms with van der Waals surface area (Å²) in [7, 11) is -2.91. The number of hydrogen-bond donors (Lipinski definition) is 0. The second-order valence-corrected chi connectivity index (χ2v) is 7.01. The number of hydrogen-bond acceptors (Lipinski definition) is 3. The van der Waals surface area contributed by atoms with Crippen molar-refractivity contribution < 1.29 is 13.2 Å². The Labute approximate surface area is 113 Å². The van der Waals surface area contributed by atoms with Crippen LogP contribution in [0.3, 0.4) is 0 Å². The molecule has 0 aliphatic heterocycles. The lowest BCUT2D eigenvalue weighted by atomic mass is 10.2. The van der Waals surface area contributed by atoms with Gasteiger partial charge in [0.25, 0.3) is 0 Å². The topological polar surface area (TPSA) is 56.1 Å². The predicted molar refractivity (Wildman–Crippen MR) is 76.3 cm³/mol. The van der Waals surface area contributed by atoms with E-state index in [4.69, 9.17) is 0 Å². The number of aldehydes is 1.